The van der Waals surface area contributed by atoms with E-state index in [9.17, 15) is 13.2 Å². The zero-order valence-electron chi connectivity index (χ0n) is 16.2. The first-order valence-electron chi connectivity index (χ1n) is 9.35. The number of carbonyl (C=O) groups is 1. The van der Waals surface area contributed by atoms with Crippen molar-refractivity contribution in [3.8, 4) is 5.75 Å². The van der Waals surface area contributed by atoms with Crippen LogP contribution in [0.2, 0.25) is 0 Å². The third-order valence-corrected chi connectivity index (χ3v) is 8.09. The van der Waals surface area contributed by atoms with E-state index in [1.54, 1.807) is 12.1 Å². The number of thioether (sulfide) groups is 1. The van der Waals surface area contributed by atoms with Gasteiger partial charge in [-0.3, -0.25) is 4.79 Å². The number of aliphatic imine (C=N–C) groups is 1. The Morgan fingerprint density at radius 3 is 2.52 bits per heavy atom. The highest BCUT2D eigenvalue weighted by Crippen LogP contribution is 2.41. The molecule has 6 nitrogen and oxygen atoms in total. The van der Waals surface area contributed by atoms with Crippen LogP contribution in [0.1, 0.15) is 11.1 Å². The number of anilines is 1. The molecule has 2 unspecified atom stereocenters. The van der Waals surface area contributed by atoms with Gasteiger partial charge in [-0.15, -0.1) is 0 Å². The lowest BCUT2D eigenvalue weighted by Gasteiger charge is -2.25. The van der Waals surface area contributed by atoms with E-state index >= 15 is 0 Å². The van der Waals surface area contributed by atoms with Crippen molar-refractivity contribution >= 4 is 38.4 Å². The second-order valence-corrected chi connectivity index (χ2v) is 10.8. The zero-order valence-corrected chi connectivity index (χ0v) is 17.9. The molecule has 152 valence electrons. The second kappa shape index (κ2) is 7.84. The van der Waals surface area contributed by atoms with Crippen LogP contribution >= 0.6 is 11.8 Å². The Morgan fingerprint density at radius 1 is 1.14 bits per heavy atom. The molecule has 2 fully saturated rings. The van der Waals surface area contributed by atoms with E-state index in [1.165, 1.54) is 11.8 Å². The highest BCUT2D eigenvalue weighted by atomic mass is 32.2. The SMILES string of the molecule is Cc1cc(C)cc(N2C(=NC(=O)COc3ccccc3)SC3CS(=O)(=O)CC32)c1. The minimum absolute atomic E-state index is 0.0748. The normalized spacial score (nSPS) is 23.9. The van der Waals surface area contributed by atoms with Crippen LogP contribution in [0.5, 0.6) is 5.75 Å². The van der Waals surface area contributed by atoms with Gasteiger partial charge in [0, 0.05) is 10.9 Å². The van der Waals surface area contributed by atoms with Crippen molar-refractivity contribution in [1.29, 1.82) is 0 Å². The van der Waals surface area contributed by atoms with Gasteiger partial charge in [0.05, 0.1) is 17.5 Å². The number of amides is 1. The Hall–Kier alpha value is -2.32. The molecule has 8 heteroatoms. The Kier molecular flexibility index (Phi) is 5.40. The third kappa shape index (κ3) is 4.48. The van der Waals surface area contributed by atoms with Crippen molar-refractivity contribution in [2.45, 2.75) is 25.1 Å². The predicted molar refractivity (Wildman–Crippen MR) is 117 cm³/mol. The Bertz CT molecular complexity index is 1050. The Balaban J connectivity index is 1.60. The van der Waals surface area contributed by atoms with Crippen molar-refractivity contribution in [3.05, 3.63) is 59.7 Å². The maximum atomic E-state index is 12.5. The van der Waals surface area contributed by atoms with E-state index in [0.717, 1.165) is 16.8 Å². The molecule has 2 aliphatic rings. The predicted octanol–water partition coefficient (Wildman–Crippen LogP) is 2.98. The Labute approximate surface area is 174 Å². The van der Waals surface area contributed by atoms with Crippen LogP contribution in [-0.4, -0.2) is 48.9 Å². The molecule has 0 aliphatic carbocycles. The molecule has 0 bridgehead atoms. The van der Waals surface area contributed by atoms with Crippen molar-refractivity contribution < 1.29 is 17.9 Å². The molecule has 0 spiro atoms. The number of hydrogen-bond acceptors (Lipinski definition) is 5. The molecule has 0 aromatic heterocycles. The summed E-state index contributed by atoms with van der Waals surface area (Å²) in [4.78, 5) is 18.7. The second-order valence-electron chi connectivity index (χ2n) is 7.41. The molecular formula is C21H22N2O4S2. The number of benzene rings is 2. The van der Waals surface area contributed by atoms with Gasteiger partial charge in [-0.25, -0.2) is 8.42 Å². The van der Waals surface area contributed by atoms with Crippen LogP contribution in [0, 0.1) is 13.8 Å². The number of sulfone groups is 1. The monoisotopic (exact) mass is 430 g/mol. The van der Waals surface area contributed by atoms with Crippen molar-refractivity contribution in [3.63, 3.8) is 0 Å². The average molecular weight is 431 g/mol. The maximum absolute atomic E-state index is 12.5. The van der Waals surface area contributed by atoms with E-state index < -0.39 is 15.7 Å². The Morgan fingerprint density at radius 2 is 1.83 bits per heavy atom. The van der Waals surface area contributed by atoms with Gasteiger partial charge in [-0.2, -0.15) is 4.99 Å². The lowest BCUT2D eigenvalue weighted by atomic mass is 10.1. The molecule has 29 heavy (non-hydrogen) atoms. The third-order valence-electron chi connectivity index (χ3n) is 4.88. The number of rotatable bonds is 4. The van der Waals surface area contributed by atoms with Gasteiger partial charge in [0.15, 0.2) is 21.6 Å². The van der Waals surface area contributed by atoms with Crippen LogP contribution in [0.3, 0.4) is 0 Å². The molecule has 2 atom stereocenters. The fraction of sp³-hybridized carbons (Fsp3) is 0.333. The molecule has 1 amide bonds. The van der Waals surface area contributed by atoms with Gasteiger partial charge >= 0.3 is 0 Å². The quantitative estimate of drug-likeness (QED) is 0.742. The smallest absolute Gasteiger partial charge is 0.285 e. The molecule has 0 N–H and O–H groups in total. The summed E-state index contributed by atoms with van der Waals surface area (Å²) in [7, 11) is -3.09. The van der Waals surface area contributed by atoms with E-state index in [0.29, 0.717) is 10.9 Å². The molecule has 2 saturated heterocycles. The zero-order chi connectivity index (χ0) is 20.6. The van der Waals surface area contributed by atoms with Gasteiger partial charge in [-0.1, -0.05) is 36.0 Å². The lowest BCUT2D eigenvalue weighted by molar-refractivity contribution is -0.119. The van der Waals surface area contributed by atoms with Crippen LogP contribution in [0.4, 0.5) is 5.69 Å². The van der Waals surface area contributed by atoms with Gasteiger partial charge in [0.2, 0.25) is 0 Å². The topological polar surface area (TPSA) is 76.0 Å². The van der Waals surface area contributed by atoms with E-state index in [1.807, 2.05) is 49.1 Å². The summed E-state index contributed by atoms with van der Waals surface area (Å²) < 4.78 is 29.9. The van der Waals surface area contributed by atoms with E-state index in [2.05, 4.69) is 11.1 Å². The van der Waals surface area contributed by atoms with Crippen LogP contribution < -0.4 is 9.64 Å². The summed E-state index contributed by atoms with van der Waals surface area (Å²) in [5, 5.41) is 0.420. The fourth-order valence-corrected chi connectivity index (χ4v) is 7.69. The standard InChI is InChI=1S/C21H22N2O4S2/c1-14-8-15(2)10-16(9-14)23-18-12-29(25,26)13-19(18)28-21(23)22-20(24)11-27-17-6-4-3-5-7-17/h3-10,18-19H,11-13H2,1-2H3. The number of carbonyl (C=O) groups excluding carboxylic acids is 1. The van der Waals surface area contributed by atoms with E-state index in [-0.39, 0.29) is 29.4 Å². The number of nitrogens with zero attached hydrogens (tertiary/aromatic N) is 2. The molecule has 2 aliphatic heterocycles. The summed E-state index contributed by atoms with van der Waals surface area (Å²) in [5.41, 5.74) is 3.02. The highest BCUT2D eigenvalue weighted by molar-refractivity contribution is 8.16. The molecular weight excluding hydrogens is 408 g/mol. The molecule has 2 aromatic rings. The number of para-hydroxylation sites is 1. The highest BCUT2D eigenvalue weighted by Gasteiger charge is 2.49. The van der Waals surface area contributed by atoms with Crippen LogP contribution in [0.25, 0.3) is 0 Å². The number of hydrogen-bond donors (Lipinski definition) is 0. The molecule has 0 saturated carbocycles. The largest absolute Gasteiger partial charge is 0.484 e. The minimum Gasteiger partial charge on any atom is -0.484 e. The minimum atomic E-state index is -3.09. The van der Waals surface area contributed by atoms with Gasteiger partial charge in [-0.05, 0) is 49.2 Å². The van der Waals surface area contributed by atoms with Crippen molar-refractivity contribution in [2.75, 3.05) is 23.0 Å². The first kappa shape index (κ1) is 20.0. The number of aryl methyl sites for hydroxylation is 2. The summed E-state index contributed by atoms with van der Waals surface area (Å²) in [5.74, 6) is 0.394. The summed E-state index contributed by atoms with van der Waals surface area (Å²) in [6.07, 6.45) is 0. The molecule has 4 rings (SSSR count). The van der Waals surface area contributed by atoms with Crippen molar-refractivity contribution in [1.82, 2.24) is 0 Å². The maximum Gasteiger partial charge on any atom is 0.285 e. The summed E-state index contributed by atoms with van der Waals surface area (Å²) in [6.45, 7) is 3.83. The van der Waals surface area contributed by atoms with Crippen molar-refractivity contribution in [2.24, 2.45) is 4.99 Å². The summed E-state index contributed by atoms with van der Waals surface area (Å²) in [6, 6.07) is 15.0. The molecule has 2 heterocycles. The van der Waals surface area contributed by atoms with Crippen LogP contribution in [0.15, 0.2) is 53.5 Å². The number of fused-ring (bicyclic) bond motifs is 1. The van der Waals surface area contributed by atoms with Gasteiger partial charge < -0.3 is 9.64 Å². The molecule has 2 aromatic carbocycles. The summed E-state index contributed by atoms with van der Waals surface area (Å²) >= 11 is 1.37. The lowest BCUT2D eigenvalue weighted by Crippen LogP contribution is -2.38. The van der Waals surface area contributed by atoms with E-state index in [4.69, 9.17) is 4.74 Å². The van der Waals surface area contributed by atoms with Gasteiger partial charge in [0.25, 0.3) is 5.91 Å². The molecule has 0 radical (unpaired) electrons. The first-order valence-corrected chi connectivity index (χ1v) is 12.0. The van der Waals surface area contributed by atoms with Crippen LogP contribution in [-0.2, 0) is 14.6 Å². The first-order chi connectivity index (χ1) is 13.8. The fourth-order valence-electron chi connectivity index (χ4n) is 3.76. The van der Waals surface area contributed by atoms with Gasteiger partial charge in [0.1, 0.15) is 5.75 Å². The number of amidine groups is 1. The number of ether oxygens (including phenoxy) is 1. The average Bonchev–Trinajstić information content (AvgIpc) is 3.10.